The largest absolute Gasteiger partial charge is 0.507 e. The molecule has 0 radical (unpaired) electrons. The van der Waals surface area contributed by atoms with Crippen LogP contribution in [0, 0.1) is 0 Å². The van der Waals surface area contributed by atoms with Gasteiger partial charge in [-0.3, -0.25) is 9.59 Å². The molecule has 0 spiro atoms. The lowest BCUT2D eigenvalue weighted by molar-refractivity contribution is -0.144. The Morgan fingerprint density at radius 3 is 2.67 bits per heavy atom. The van der Waals surface area contributed by atoms with Gasteiger partial charge in [0.05, 0.1) is 12.2 Å². The fourth-order valence-corrected chi connectivity index (χ4v) is 1.58. The molecule has 0 unspecified atom stereocenters. The maximum atomic E-state index is 11.4. The van der Waals surface area contributed by atoms with Crippen molar-refractivity contribution in [2.24, 2.45) is 5.73 Å². The van der Waals surface area contributed by atoms with Crippen LogP contribution in [0.1, 0.15) is 29.8 Å². The monoisotopic (exact) mass is 251 g/mol. The highest BCUT2D eigenvalue weighted by molar-refractivity contribution is 5.96. The molecule has 0 fully saturated rings. The number of carbonyl (C=O) groups is 2. The lowest BCUT2D eigenvalue weighted by Crippen LogP contribution is -2.34. The van der Waals surface area contributed by atoms with Crippen molar-refractivity contribution in [1.29, 1.82) is 0 Å². The number of hydrogen-bond donors (Lipinski definition) is 2. The minimum absolute atomic E-state index is 0.0732. The number of esters is 1. The van der Waals surface area contributed by atoms with Gasteiger partial charge < -0.3 is 15.6 Å². The molecule has 1 rings (SSSR count). The topological polar surface area (TPSA) is 89.6 Å². The number of phenolic OH excluding ortho intramolecular Hbond substituents is 1. The first kappa shape index (κ1) is 14.2. The predicted octanol–water partition coefficient (Wildman–Crippen LogP) is 1.03. The summed E-state index contributed by atoms with van der Waals surface area (Å²) in [5.74, 6) is -0.787. The number of hydrogen-bond acceptors (Lipinski definition) is 5. The van der Waals surface area contributed by atoms with Crippen LogP contribution in [-0.4, -0.2) is 29.5 Å². The molecule has 5 heteroatoms. The first-order valence-corrected chi connectivity index (χ1v) is 5.70. The van der Waals surface area contributed by atoms with E-state index in [9.17, 15) is 14.7 Å². The summed E-state index contributed by atoms with van der Waals surface area (Å²) in [5, 5.41) is 9.49. The molecule has 0 aromatic heterocycles. The van der Waals surface area contributed by atoms with E-state index in [1.54, 1.807) is 13.0 Å². The zero-order valence-electron chi connectivity index (χ0n) is 10.5. The molecular formula is C13H17NO4. The van der Waals surface area contributed by atoms with Crippen LogP contribution >= 0.6 is 0 Å². The third-order valence-electron chi connectivity index (χ3n) is 2.49. The van der Waals surface area contributed by atoms with Crippen molar-refractivity contribution < 1.29 is 19.4 Å². The van der Waals surface area contributed by atoms with E-state index >= 15 is 0 Å². The van der Waals surface area contributed by atoms with Crippen LogP contribution in [0.3, 0.4) is 0 Å². The Hall–Kier alpha value is -1.88. The highest BCUT2D eigenvalue weighted by atomic mass is 16.5. The molecule has 18 heavy (non-hydrogen) atoms. The molecule has 0 aliphatic rings. The molecule has 0 bridgehead atoms. The zero-order chi connectivity index (χ0) is 13.7. The van der Waals surface area contributed by atoms with E-state index in [-0.39, 0.29) is 30.1 Å². The van der Waals surface area contributed by atoms with Gasteiger partial charge in [-0.1, -0.05) is 6.07 Å². The van der Waals surface area contributed by atoms with Gasteiger partial charge in [0, 0.05) is 0 Å². The summed E-state index contributed by atoms with van der Waals surface area (Å²) in [5.41, 5.74) is 6.61. The number of nitrogens with two attached hydrogens (primary N) is 1. The van der Waals surface area contributed by atoms with Crippen molar-refractivity contribution in [2.75, 3.05) is 6.61 Å². The summed E-state index contributed by atoms with van der Waals surface area (Å²) in [6.45, 7) is 3.35. The van der Waals surface area contributed by atoms with Gasteiger partial charge in [0.15, 0.2) is 5.78 Å². The summed E-state index contributed by atoms with van der Waals surface area (Å²) >= 11 is 0. The van der Waals surface area contributed by atoms with Crippen molar-refractivity contribution in [3.8, 4) is 5.75 Å². The molecule has 0 amide bonds. The van der Waals surface area contributed by atoms with E-state index in [0.717, 1.165) is 0 Å². The van der Waals surface area contributed by atoms with Crippen molar-refractivity contribution >= 4 is 11.8 Å². The summed E-state index contributed by atoms with van der Waals surface area (Å²) in [6, 6.07) is 3.82. The minimum atomic E-state index is -0.769. The molecular weight excluding hydrogens is 234 g/mol. The van der Waals surface area contributed by atoms with E-state index in [4.69, 9.17) is 10.5 Å². The van der Waals surface area contributed by atoms with Crippen molar-refractivity contribution in [3.63, 3.8) is 0 Å². The maximum Gasteiger partial charge on any atom is 0.323 e. The van der Waals surface area contributed by atoms with E-state index in [0.29, 0.717) is 5.56 Å². The lowest BCUT2D eigenvalue weighted by atomic mass is 10.0. The number of benzene rings is 1. The van der Waals surface area contributed by atoms with Gasteiger partial charge in [0.25, 0.3) is 0 Å². The third kappa shape index (κ3) is 3.56. The fraction of sp³-hybridized carbons (Fsp3) is 0.385. The minimum Gasteiger partial charge on any atom is -0.507 e. The maximum absolute atomic E-state index is 11.4. The molecule has 98 valence electrons. The highest BCUT2D eigenvalue weighted by Crippen LogP contribution is 2.19. The van der Waals surface area contributed by atoms with Crippen LogP contribution in [-0.2, 0) is 16.0 Å². The van der Waals surface area contributed by atoms with Gasteiger partial charge in [0.1, 0.15) is 11.8 Å². The van der Waals surface area contributed by atoms with Crippen molar-refractivity contribution in [3.05, 3.63) is 29.3 Å². The Labute approximate surface area is 106 Å². The Morgan fingerprint density at radius 2 is 2.11 bits per heavy atom. The van der Waals surface area contributed by atoms with E-state index in [1.807, 2.05) is 0 Å². The second-order valence-electron chi connectivity index (χ2n) is 3.97. The summed E-state index contributed by atoms with van der Waals surface area (Å²) < 4.78 is 4.80. The molecule has 0 aliphatic heterocycles. The summed E-state index contributed by atoms with van der Waals surface area (Å²) in [6.07, 6.45) is 0.263. The molecule has 1 aromatic rings. The van der Waals surface area contributed by atoms with Gasteiger partial charge in [-0.15, -0.1) is 0 Å². The zero-order valence-corrected chi connectivity index (χ0v) is 10.5. The molecule has 0 saturated carbocycles. The summed E-state index contributed by atoms with van der Waals surface area (Å²) in [4.78, 5) is 22.6. The number of ketones is 1. The van der Waals surface area contributed by atoms with Gasteiger partial charge >= 0.3 is 5.97 Å². The molecule has 0 saturated heterocycles. The molecule has 3 N–H and O–H groups in total. The third-order valence-corrected chi connectivity index (χ3v) is 2.49. The standard InChI is InChI=1S/C13H17NO4/c1-3-18-13(17)11(14)7-9-4-5-12(16)10(6-9)8(2)15/h4-6,11,16H,3,7,14H2,1-2H3/t11-/m0/s1. The quantitative estimate of drug-likeness (QED) is 0.602. The average molecular weight is 251 g/mol. The molecule has 5 nitrogen and oxygen atoms in total. The number of Topliss-reactive ketones (excluding diaryl/α,β-unsaturated/α-hetero) is 1. The Morgan fingerprint density at radius 1 is 1.44 bits per heavy atom. The Kier molecular flexibility index (Phi) is 4.85. The SMILES string of the molecule is CCOC(=O)[C@@H](N)Cc1ccc(O)c(C(C)=O)c1. The van der Waals surface area contributed by atoms with E-state index in [2.05, 4.69) is 0 Å². The smallest absolute Gasteiger partial charge is 0.323 e. The van der Waals surface area contributed by atoms with Gasteiger partial charge in [-0.25, -0.2) is 0 Å². The Balaban J connectivity index is 2.82. The molecule has 1 aromatic carbocycles. The first-order valence-electron chi connectivity index (χ1n) is 5.70. The van der Waals surface area contributed by atoms with Crippen LogP contribution < -0.4 is 5.73 Å². The number of carbonyl (C=O) groups excluding carboxylic acids is 2. The number of ether oxygens (including phenoxy) is 1. The van der Waals surface area contributed by atoms with Crippen LogP contribution in [0.2, 0.25) is 0 Å². The fourth-order valence-electron chi connectivity index (χ4n) is 1.58. The normalized spacial score (nSPS) is 11.9. The second kappa shape index (κ2) is 6.16. The number of rotatable bonds is 5. The predicted molar refractivity (Wildman–Crippen MR) is 66.4 cm³/mol. The summed E-state index contributed by atoms with van der Waals surface area (Å²) in [7, 11) is 0. The van der Waals surface area contributed by atoms with Gasteiger partial charge in [-0.2, -0.15) is 0 Å². The molecule has 0 heterocycles. The number of aromatic hydroxyl groups is 1. The van der Waals surface area contributed by atoms with Crippen LogP contribution in [0.4, 0.5) is 0 Å². The van der Waals surface area contributed by atoms with Gasteiger partial charge in [0.2, 0.25) is 0 Å². The average Bonchev–Trinajstić information content (AvgIpc) is 2.31. The van der Waals surface area contributed by atoms with Crippen molar-refractivity contribution in [2.45, 2.75) is 26.3 Å². The van der Waals surface area contributed by atoms with Crippen LogP contribution in [0.15, 0.2) is 18.2 Å². The van der Waals surface area contributed by atoms with E-state index < -0.39 is 12.0 Å². The molecule has 0 aliphatic carbocycles. The van der Waals surface area contributed by atoms with Crippen LogP contribution in [0.5, 0.6) is 5.75 Å². The van der Waals surface area contributed by atoms with E-state index in [1.165, 1.54) is 19.1 Å². The second-order valence-corrected chi connectivity index (χ2v) is 3.97. The van der Waals surface area contributed by atoms with Gasteiger partial charge in [-0.05, 0) is 38.0 Å². The van der Waals surface area contributed by atoms with Crippen LogP contribution in [0.25, 0.3) is 0 Å². The lowest BCUT2D eigenvalue weighted by Gasteiger charge is -2.11. The number of phenols is 1. The van der Waals surface area contributed by atoms with Crippen molar-refractivity contribution in [1.82, 2.24) is 0 Å². The highest BCUT2D eigenvalue weighted by Gasteiger charge is 2.16. The Bertz CT molecular complexity index is 456. The first-order chi connectivity index (χ1) is 8.45. The molecule has 1 atom stereocenters.